The Balaban J connectivity index is 1.84. The van der Waals surface area contributed by atoms with Gasteiger partial charge >= 0.3 is 5.97 Å². The van der Waals surface area contributed by atoms with Crippen LogP contribution in [0.5, 0.6) is 23.0 Å². The van der Waals surface area contributed by atoms with Crippen LogP contribution in [0.2, 0.25) is 5.02 Å². The minimum atomic E-state index is -0.714. The van der Waals surface area contributed by atoms with Crippen LogP contribution in [0.1, 0.15) is 26.3 Å². The highest BCUT2D eigenvalue weighted by Crippen LogP contribution is 2.28. The Morgan fingerprint density at radius 1 is 0.862 bits per heavy atom. The predicted molar refractivity (Wildman–Crippen MR) is 108 cm³/mol. The number of phenolic OH excluding ortho intramolecular Hbond substituents is 3. The zero-order valence-electron chi connectivity index (χ0n) is 14.9. The largest absolute Gasteiger partial charge is 0.508 e. The van der Waals surface area contributed by atoms with E-state index in [-0.39, 0.29) is 34.1 Å². The van der Waals surface area contributed by atoms with E-state index in [1.54, 1.807) is 0 Å². The molecular formula is C22H15ClO6. The van der Waals surface area contributed by atoms with Gasteiger partial charge in [-0.15, -0.1) is 0 Å². The fraction of sp³-hybridized carbons (Fsp3) is 0. The van der Waals surface area contributed by atoms with E-state index in [4.69, 9.17) is 16.3 Å². The quantitative estimate of drug-likeness (QED) is 0.187. The number of phenols is 3. The van der Waals surface area contributed by atoms with Gasteiger partial charge in [-0.3, -0.25) is 4.79 Å². The zero-order valence-corrected chi connectivity index (χ0v) is 15.6. The third kappa shape index (κ3) is 4.94. The van der Waals surface area contributed by atoms with Crippen molar-refractivity contribution < 1.29 is 29.6 Å². The number of rotatable bonds is 5. The topological polar surface area (TPSA) is 104 Å². The Morgan fingerprint density at radius 3 is 2.28 bits per heavy atom. The maximum Gasteiger partial charge on any atom is 0.343 e. The van der Waals surface area contributed by atoms with Crippen molar-refractivity contribution in [3.05, 3.63) is 88.5 Å². The first kappa shape index (κ1) is 20.0. The van der Waals surface area contributed by atoms with Gasteiger partial charge in [0, 0.05) is 11.1 Å². The molecule has 3 aromatic carbocycles. The lowest BCUT2D eigenvalue weighted by atomic mass is 10.1. The van der Waals surface area contributed by atoms with Crippen molar-refractivity contribution in [2.75, 3.05) is 0 Å². The summed E-state index contributed by atoms with van der Waals surface area (Å²) in [7, 11) is 0. The van der Waals surface area contributed by atoms with Gasteiger partial charge in [0.2, 0.25) is 0 Å². The number of allylic oxidation sites excluding steroid dienone is 1. The van der Waals surface area contributed by atoms with Gasteiger partial charge in [0.15, 0.2) is 17.3 Å². The summed E-state index contributed by atoms with van der Waals surface area (Å²) >= 11 is 5.80. The molecule has 0 radical (unpaired) electrons. The lowest BCUT2D eigenvalue weighted by molar-refractivity contribution is 0.0733. The van der Waals surface area contributed by atoms with Crippen LogP contribution in [-0.2, 0) is 0 Å². The summed E-state index contributed by atoms with van der Waals surface area (Å²) < 4.78 is 5.29. The monoisotopic (exact) mass is 410 g/mol. The first-order valence-corrected chi connectivity index (χ1v) is 8.76. The van der Waals surface area contributed by atoms with Crippen LogP contribution in [0.3, 0.4) is 0 Å². The molecule has 0 saturated heterocycles. The molecule has 146 valence electrons. The number of aromatic hydroxyl groups is 3. The summed E-state index contributed by atoms with van der Waals surface area (Å²) in [5, 5.41) is 29.0. The van der Waals surface area contributed by atoms with E-state index in [0.717, 1.165) is 0 Å². The molecule has 0 bridgehead atoms. The van der Waals surface area contributed by atoms with Crippen molar-refractivity contribution >= 4 is 29.4 Å². The average molecular weight is 411 g/mol. The Kier molecular flexibility index (Phi) is 5.85. The van der Waals surface area contributed by atoms with E-state index in [1.165, 1.54) is 72.8 Å². The van der Waals surface area contributed by atoms with E-state index >= 15 is 0 Å². The standard InChI is InChI=1S/C22H15ClO6/c23-15-5-3-14(4-6-15)22(28)29-21-12-16(24)7-8-17(21)18(25)9-1-13-2-10-19(26)20(27)11-13/h1-12,24,26-27H/b9-1+. The van der Waals surface area contributed by atoms with Gasteiger partial charge in [-0.1, -0.05) is 23.7 Å². The molecule has 3 N–H and O–H groups in total. The van der Waals surface area contributed by atoms with Crippen LogP contribution in [0.25, 0.3) is 6.08 Å². The summed E-state index contributed by atoms with van der Waals surface area (Å²) in [5.41, 5.74) is 0.766. The van der Waals surface area contributed by atoms with E-state index in [1.807, 2.05) is 0 Å². The molecule has 0 heterocycles. The minimum absolute atomic E-state index is 0.0596. The van der Waals surface area contributed by atoms with Gasteiger partial charge in [-0.2, -0.15) is 0 Å². The molecule has 6 nitrogen and oxygen atoms in total. The molecular weight excluding hydrogens is 396 g/mol. The number of carbonyl (C=O) groups is 2. The van der Waals surface area contributed by atoms with Gasteiger partial charge in [-0.05, 0) is 60.2 Å². The van der Waals surface area contributed by atoms with Crippen molar-refractivity contribution in [2.24, 2.45) is 0 Å². The Labute approximate surface area is 170 Å². The first-order valence-electron chi connectivity index (χ1n) is 8.38. The molecule has 0 fully saturated rings. The summed E-state index contributed by atoms with van der Waals surface area (Å²) in [5.74, 6) is -2.07. The third-order valence-electron chi connectivity index (χ3n) is 3.94. The molecule has 3 rings (SSSR count). The number of hydrogen-bond acceptors (Lipinski definition) is 6. The molecule has 0 atom stereocenters. The molecule has 0 amide bonds. The van der Waals surface area contributed by atoms with E-state index in [2.05, 4.69) is 0 Å². The highest BCUT2D eigenvalue weighted by Gasteiger charge is 2.16. The fourth-order valence-corrected chi connectivity index (χ4v) is 2.58. The van der Waals surface area contributed by atoms with Gasteiger partial charge in [0.1, 0.15) is 11.5 Å². The minimum Gasteiger partial charge on any atom is -0.508 e. The number of ketones is 1. The van der Waals surface area contributed by atoms with E-state index in [0.29, 0.717) is 10.6 Å². The highest BCUT2D eigenvalue weighted by atomic mass is 35.5. The zero-order chi connectivity index (χ0) is 21.0. The van der Waals surface area contributed by atoms with Crippen molar-refractivity contribution in [1.82, 2.24) is 0 Å². The Bertz CT molecular complexity index is 1100. The van der Waals surface area contributed by atoms with E-state index in [9.17, 15) is 24.9 Å². The molecule has 0 aliphatic rings. The maximum atomic E-state index is 12.6. The van der Waals surface area contributed by atoms with Crippen LogP contribution < -0.4 is 4.74 Å². The molecule has 29 heavy (non-hydrogen) atoms. The van der Waals surface area contributed by atoms with Gasteiger partial charge in [0.05, 0.1) is 11.1 Å². The van der Waals surface area contributed by atoms with Gasteiger partial charge in [0.25, 0.3) is 0 Å². The highest BCUT2D eigenvalue weighted by molar-refractivity contribution is 6.30. The number of hydrogen-bond donors (Lipinski definition) is 3. The molecule has 0 aliphatic heterocycles. The Morgan fingerprint density at radius 2 is 1.59 bits per heavy atom. The summed E-state index contributed by atoms with van der Waals surface area (Å²) in [4.78, 5) is 24.9. The van der Waals surface area contributed by atoms with Gasteiger partial charge < -0.3 is 20.1 Å². The molecule has 0 aromatic heterocycles. The first-order chi connectivity index (χ1) is 13.8. The molecule has 0 unspecified atom stereocenters. The van der Waals surface area contributed by atoms with Crippen LogP contribution in [0.4, 0.5) is 0 Å². The maximum absolute atomic E-state index is 12.6. The smallest absolute Gasteiger partial charge is 0.343 e. The van der Waals surface area contributed by atoms with Crippen LogP contribution >= 0.6 is 11.6 Å². The van der Waals surface area contributed by atoms with Crippen molar-refractivity contribution in [1.29, 1.82) is 0 Å². The molecule has 0 aliphatic carbocycles. The molecule has 7 heteroatoms. The summed E-state index contributed by atoms with van der Waals surface area (Å²) in [6.45, 7) is 0. The number of ether oxygens (including phenoxy) is 1. The molecule has 0 spiro atoms. The second-order valence-electron chi connectivity index (χ2n) is 6.02. The molecule has 0 saturated carbocycles. The van der Waals surface area contributed by atoms with Crippen LogP contribution in [0, 0.1) is 0 Å². The third-order valence-corrected chi connectivity index (χ3v) is 4.19. The van der Waals surface area contributed by atoms with Crippen LogP contribution in [0.15, 0.2) is 66.7 Å². The molecule has 3 aromatic rings. The number of benzene rings is 3. The normalized spacial score (nSPS) is 10.8. The van der Waals surface area contributed by atoms with Crippen molar-refractivity contribution in [2.45, 2.75) is 0 Å². The van der Waals surface area contributed by atoms with Crippen molar-refractivity contribution in [3.63, 3.8) is 0 Å². The SMILES string of the molecule is O=C(Oc1cc(O)ccc1C(=O)/C=C/c1ccc(O)c(O)c1)c1ccc(Cl)cc1. The lowest BCUT2D eigenvalue weighted by Gasteiger charge is -2.09. The lowest BCUT2D eigenvalue weighted by Crippen LogP contribution is -2.11. The second-order valence-corrected chi connectivity index (χ2v) is 6.46. The van der Waals surface area contributed by atoms with Crippen LogP contribution in [-0.4, -0.2) is 27.1 Å². The fourth-order valence-electron chi connectivity index (χ4n) is 2.45. The van der Waals surface area contributed by atoms with Crippen molar-refractivity contribution in [3.8, 4) is 23.0 Å². The summed E-state index contributed by atoms with van der Waals surface area (Å²) in [6.07, 6.45) is 2.65. The van der Waals surface area contributed by atoms with Gasteiger partial charge in [-0.25, -0.2) is 4.79 Å². The Hall–Kier alpha value is -3.77. The summed E-state index contributed by atoms with van der Waals surface area (Å²) in [6, 6.07) is 13.9. The average Bonchev–Trinajstić information content (AvgIpc) is 2.69. The second kappa shape index (κ2) is 8.50. The predicted octanol–water partition coefficient (Wildman–Crippen LogP) is 4.57. The van der Waals surface area contributed by atoms with E-state index < -0.39 is 11.8 Å². The number of carbonyl (C=O) groups excluding carboxylic acids is 2. The number of halogens is 1. The number of esters is 1.